The fourth-order valence-electron chi connectivity index (χ4n) is 3.36. The van der Waals surface area contributed by atoms with E-state index < -0.39 is 0 Å². The molecule has 4 nitrogen and oxygen atoms in total. The quantitative estimate of drug-likeness (QED) is 0.466. The van der Waals surface area contributed by atoms with Gasteiger partial charge in [0.1, 0.15) is 5.75 Å². The number of hydrogen-bond donors (Lipinski definition) is 1. The van der Waals surface area contributed by atoms with Gasteiger partial charge in [-0.2, -0.15) is 0 Å². The lowest BCUT2D eigenvalue weighted by atomic mass is 10.1. The van der Waals surface area contributed by atoms with Crippen LogP contribution in [-0.2, 0) is 6.54 Å². The number of rotatable bonds is 6. The van der Waals surface area contributed by atoms with Crippen LogP contribution in [0.15, 0.2) is 78.9 Å². The van der Waals surface area contributed by atoms with E-state index in [0.29, 0.717) is 18.7 Å². The van der Waals surface area contributed by atoms with Crippen LogP contribution in [0.4, 0.5) is 0 Å². The van der Waals surface area contributed by atoms with Gasteiger partial charge < -0.3 is 10.1 Å². The van der Waals surface area contributed by atoms with E-state index in [0.717, 1.165) is 33.5 Å². The van der Waals surface area contributed by atoms with Crippen molar-refractivity contribution >= 4 is 16.8 Å². The molecule has 0 saturated carbocycles. The summed E-state index contributed by atoms with van der Waals surface area (Å²) in [5.74, 6) is 0.613. The van der Waals surface area contributed by atoms with Gasteiger partial charge in [0.2, 0.25) is 0 Å². The molecule has 4 aromatic rings. The van der Waals surface area contributed by atoms with E-state index in [-0.39, 0.29) is 5.91 Å². The number of aryl methyl sites for hydroxylation is 1. The molecule has 4 heteroatoms. The number of carbonyl (C=O) groups excluding carboxylic acids is 1. The van der Waals surface area contributed by atoms with Crippen molar-refractivity contribution in [3.8, 4) is 17.0 Å². The highest BCUT2D eigenvalue weighted by Crippen LogP contribution is 2.31. The maximum Gasteiger partial charge on any atom is 0.251 e. The normalized spacial score (nSPS) is 10.7. The number of fused-ring (bicyclic) bond motifs is 1. The Morgan fingerprint density at radius 1 is 0.967 bits per heavy atom. The van der Waals surface area contributed by atoms with Gasteiger partial charge in [-0.05, 0) is 37.6 Å². The van der Waals surface area contributed by atoms with Crippen molar-refractivity contribution in [3.05, 3.63) is 95.6 Å². The third-order valence-electron chi connectivity index (χ3n) is 4.98. The predicted octanol–water partition coefficient (Wildman–Crippen LogP) is 5.54. The minimum atomic E-state index is -0.118. The smallest absolute Gasteiger partial charge is 0.251 e. The topological polar surface area (TPSA) is 51.2 Å². The summed E-state index contributed by atoms with van der Waals surface area (Å²) in [5, 5.41) is 3.82. The highest BCUT2D eigenvalue weighted by atomic mass is 16.5. The minimum Gasteiger partial charge on any atom is -0.493 e. The van der Waals surface area contributed by atoms with Crippen LogP contribution in [0.1, 0.15) is 28.4 Å². The van der Waals surface area contributed by atoms with Gasteiger partial charge in [-0.15, -0.1) is 0 Å². The molecule has 1 N–H and O–H groups in total. The molecule has 4 rings (SSSR count). The Labute approximate surface area is 176 Å². The van der Waals surface area contributed by atoms with E-state index in [1.54, 1.807) is 0 Å². The highest BCUT2D eigenvalue weighted by molar-refractivity contribution is 5.99. The molecule has 1 aromatic heterocycles. The Hall–Kier alpha value is -3.66. The second-order valence-corrected chi connectivity index (χ2v) is 7.20. The molecule has 0 radical (unpaired) electrons. The molecule has 0 spiro atoms. The van der Waals surface area contributed by atoms with Gasteiger partial charge in [0.05, 0.1) is 17.8 Å². The predicted molar refractivity (Wildman–Crippen MR) is 121 cm³/mol. The lowest BCUT2D eigenvalue weighted by Gasteiger charge is -2.12. The Morgan fingerprint density at radius 3 is 2.47 bits per heavy atom. The second-order valence-electron chi connectivity index (χ2n) is 7.20. The van der Waals surface area contributed by atoms with Crippen molar-refractivity contribution in [2.75, 3.05) is 6.61 Å². The average molecular weight is 396 g/mol. The summed E-state index contributed by atoms with van der Waals surface area (Å²) in [5.41, 5.74) is 5.53. The lowest BCUT2D eigenvalue weighted by Crippen LogP contribution is -2.22. The van der Waals surface area contributed by atoms with Crippen LogP contribution >= 0.6 is 0 Å². The van der Waals surface area contributed by atoms with Gasteiger partial charge in [0.15, 0.2) is 0 Å². The average Bonchev–Trinajstić information content (AvgIpc) is 2.79. The Morgan fingerprint density at radius 2 is 1.73 bits per heavy atom. The van der Waals surface area contributed by atoms with Gasteiger partial charge in [-0.1, -0.05) is 60.2 Å². The first-order valence-corrected chi connectivity index (χ1v) is 10.1. The standard InChI is InChI=1S/C26H24N2O2/c1-3-30-25-16-24(20-7-5-4-6-8-20)28-23-14-13-21(15-22(23)25)26(29)27-17-19-11-9-18(2)10-12-19/h4-16H,3,17H2,1-2H3,(H,27,29). The second kappa shape index (κ2) is 8.78. The van der Waals surface area contributed by atoms with Crippen LogP contribution in [0.5, 0.6) is 5.75 Å². The molecular formula is C26H24N2O2. The molecule has 3 aromatic carbocycles. The number of amides is 1. The first-order chi connectivity index (χ1) is 14.6. The first-order valence-electron chi connectivity index (χ1n) is 10.1. The maximum atomic E-state index is 12.7. The highest BCUT2D eigenvalue weighted by Gasteiger charge is 2.12. The summed E-state index contributed by atoms with van der Waals surface area (Å²) in [6, 6.07) is 25.6. The Balaban J connectivity index is 1.63. The number of pyridine rings is 1. The fourth-order valence-corrected chi connectivity index (χ4v) is 3.36. The van der Waals surface area contributed by atoms with Gasteiger partial charge in [-0.25, -0.2) is 4.98 Å². The van der Waals surface area contributed by atoms with Crippen LogP contribution in [0.3, 0.4) is 0 Å². The summed E-state index contributed by atoms with van der Waals surface area (Å²) in [6.07, 6.45) is 0. The molecule has 1 heterocycles. The lowest BCUT2D eigenvalue weighted by molar-refractivity contribution is 0.0951. The molecule has 0 atom stereocenters. The summed E-state index contributed by atoms with van der Waals surface area (Å²) in [4.78, 5) is 17.5. The largest absolute Gasteiger partial charge is 0.493 e. The molecule has 0 fully saturated rings. The van der Waals surface area contributed by atoms with Crippen molar-refractivity contribution in [3.63, 3.8) is 0 Å². The van der Waals surface area contributed by atoms with Gasteiger partial charge >= 0.3 is 0 Å². The van der Waals surface area contributed by atoms with Crippen LogP contribution in [0.2, 0.25) is 0 Å². The zero-order valence-corrected chi connectivity index (χ0v) is 17.2. The summed E-state index contributed by atoms with van der Waals surface area (Å²) in [6.45, 7) is 5.02. The monoisotopic (exact) mass is 396 g/mol. The zero-order chi connectivity index (χ0) is 20.9. The van der Waals surface area contributed by atoms with Crippen molar-refractivity contribution in [2.24, 2.45) is 0 Å². The molecule has 0 saturated heterocycles. The third-order valence-corrected chi connectivity index (χ3v) is 4.98. The number of nitrogens with zero attached hydrogens (tertiary/aromatic N) is 1. The van der Waals surface area contributed by atoms with E-state index in [2.05, 4.69) is 5.32 Å². The van der Waals surface area contributed by atoms with Crippen molar-refractivity contribution < 1.29 is 9.53 Å². The first kappa shape index (κ1) is 19.6. The van der Waals surface area contributed by atoms with Gasteiger partial charge in [0.25, 0.3) is 5.91 Å². The Bertz CT molecular complexity index is 1170. The SMILES string of the molecule is CCOc1cc(-c2ccccc2)nc2ccc(C(=O)NCc3ccc(C)cc3)cc12. The van der Waals surface area contributed by atoms with Crippen LogP contribution in [0.25, 0.3) is 22.2 Å². The van der Waals surface area contributed by atoms with E-state index >= 15 is 0 Å². The molecule has 0 aliphatic rings. The zero-order valence-electron chi connectivity index (χ0n) is 17.2. The number of ether oxygens (including phenoxy) is 1. The number of benzene rings is 3. The van der Waals surface area contributed by atoms with Crippen molar-refractivity contribution in [1.29, 1.82) is 0 Å². The van der Waals surface area contributed by atoms with E-state index in [1.807, 2.05) is 92.7 Å². The van der Waals surface area contributed by atoms with Crippen molar-refractivity contribution in [1.82, 2.24) is 10.3 Å². The molecule has 150 valence electrons. The fraction of sp³-hybridized carbons (Fsp3) is 0.154. The van der Waals surface area contributed by atoms with E-state index in [1.165, 1.54) is 5.56 Å². The number of nitrogens with one attached hydrogen (secondary N) is 1. The molecule has 0 aliphatic carbocycles. The third kappa shape index (κ3) is 4.33. The van der Waals surface area contributed by atoms with Gasteiger partial charge in [0, 0.05) is 29.1 Å². The van der Waals surface area contributed by atoms with Crippen LogP contribution < -0.4 is 10.1 Å². The number of carbonyl (C=O) groups is 1. The van der Waals surface area contributed by atoms with Gasteiger partial charge in [-0.3, -0.25) is 4.79 Å². The number of hydrogen-bond acceptors (Lipinski definition) is 3. The molecule has 0 aliphatic heterocycles. The Kier molecular flexibility index (Phi) is 5.75. The summed E-state index contributed by atoms with van der Waals surface area (Å²) < 4.78 is 5.88. The summed E-state index contributed by atoms with van der Waals surface area (Å²) in [7, 11) is 0. The molecular weight excluding hydrogens is 372 g/mol. The number of aromatic nitrogens is 1. The van der Waals surface area contributed by atoms with E-state index in [9.17, 15) is 4.79 Å². The maximum absolute atomic E-state index is 12.7. The van der Waals surface area contributed by atoms with Crippen LogP contribution in [0, 0.1) is 6.92 Å². The molecule has 0 unspecified atom stereocenters. The van der Waals surface area contributed by atoms with Crippen molar-refractivity contribution in [2.45, 2.75) is 20.4 Å². The molecule has 0 bridgehead atoms. The van der Waals surface area contributed by atoms with Crippen LogP contribution in [-0.4, -0.2) is 17.5 Å². The summed E-state index contributed by atoms with van der Waals surface area (Å²) >= 11 is 0. The molecule has 1 amide bonds. The minimum absolute atomic E-state index is 0.118. The van der Waals surface area contributed by atoms with E-state index in [4.69, 9.17) is 9.72 Å². The molecule has 30 heavy (non-hydrogen) atoms.